The molecule has 0 spiro atoms. The number of rotatable bonds is 5. The summed E-state index contributed by atoms with van der Waals surface area (Å²) in [5.74, 6) is 0. The summed E-state index contributed by atoms with van der Waals surface area (Å²) < 4.78 is 0. The quantitative estimate of drug-likeness (QED) is 0.467. The van der Waals surface area contributed by atoms with E-state index in [4.69, 9.17) is 4.84 Å². The van der Waals surface area contributed by atoms with Crippen LogP contribution in [0.25, 0.3) is 0 Å². The summed E-state index contributed by atoms with van der Waals surface area (Å²) in [7, 11) is 0. The molecule has 1 amide bonds. The van der Waals surface area contributed by atoms with Crippen molar-refractivity contribution in [3.63, 3.8) is 0 Å². The summed E-state index contributed by atoms with van der Waals surface area (Å²) in [5, 5.41) is 0. The molecule has 0 fully saturated rings. The van der Waals surface area contributed by atoms with Gasteiger partial charge >= 0.3 is 0 Å². The van der Waals surface area contributed by atoms with Gasteiger partial charge in [0, 0.05) is 0 Å². The molecule has 0 aromatic rings. The predicted octanol–water partition coefficient (Wildman–Crippen LogP) is 1.24. The Balaban J connectivity index is 3.68. The highest BCUT2D eigenvalue weighted by molar-refractivity contribution is 5.43. The topological polar surface area (TPSA) is 38.3 Å². The third-order valence-electron chi connectivity index (χ3n) is 1.85. The van der Waals surface area contributed by atoms with E-state index in [0.717, 1.165) is 12.8 Å². The zero-order valence-electron chi connectivity index (χ0n) is 6.81. The van der Waals surface area contributed by atoms with Crippen molar-refractivity contribution in [1.29, 1.82) is 0 Å². The minimum absolute atomic E-state index is 0.207. The molecule has 0 saturated heterocycles. The summed E-state index contributed by atoms with van der Waals surface area (Å²) in [4.78, 5) is 14.9. The van der Waals surface area contributed by atoms with Gasteiger partial charge in [-0.3, -0.25) is 9.63 Å². The van der Waals surface area contributed by atoms with Gasteiger partial charge < -0.3 is 0 Å². The fourth-order valence-corrected chi connectivity index (χ4v) is 0.561. The Morgan fingerprint density at radius 1 is 1.50 bits per heavy atom. The molecule has 3 heteroatoms. The van der Waals surface area contributed by atoms with Crippen molar-refractivity contribution in [3.8, 4) is 0 Å². The van der Waals surface area contributed by atoms with Crippen LogP contribution in [-0.2, 0) is 9.63 Å². The van der Waals surface area contributed by atoms with Crippen LogP contribution in [0, 0.1) is 0 Å². The SMILES string of the molecule is CCC(C)(CC)ONC=O. The molecule has 60 valence electrons. The molecular weight excluding hydrogens is 130 g/mol. The van der Waals surface area contributed by atoms with Gasteiger partial charge in [0.25, 0.3) is 0 Å². The van der Waals surface area contributed by atoms with Crippen molar-refractivity contribution < 1.29 is 9.63 Å². The summed E-state index contributed by atoms with van der Waals surface area (Å²) in [5.41, 5.74) is 2.00. The van der Waals surface area contributed by atoms with E-state index in [2.05, 4.69) is 5.48 Å². The lowest BCUT2D eigenvalue weighted by Gasteiger charge is -2.24. The summed E-state index contributed by atoms with van der Waals surface area (Å²) in [6, 6.07) is 0. The Morgan fingerprint density at radius 3 is 2.30 bits per heavy atom. The second kappa shape index (κ2) is 4.28. The average molecular weight is 145 g/mol. The zero-order valence-corrected chi connectivity index (χ0v) is 6.81. The molecule has 0 aliphatic rings. The molecule has 0 radical (unpaired) electrons. The molecular formula is C7H15NO2. The number of hydrogen-bond acceptors (Lipinski definition) is 2. The minimum atomic E-state index is -0.207. The first-order chi connectivity index (χ1) is 4.68. The fourth-order valence-electron chi connectivity index (χ4n) is 0.561. The van der Waals surface area contributed by atoms with Gasteiger partial charge in [-0.15, -0.1) is 0 Å². The molecule has 0 rings (SSSR count). The third-order valence-corrected chi connectivity index (χ3v) is 1.85. The van der Waals surface area contributed by atoms with E-state index >= 15 is 0 Å². The summed E-state index contributed by atoms with van der Waals surface area (Å²) >= 11 is 0. The first kappa shape index (κ1) is 9.43. The lowest BCUT2D eigenvalue weighted by atomic mass is 10.0. The number of carbonyl (C=O) groups excluding carboxylic acids is 1. The Labute approximate surface area is 61.7 Å². The number of amides is 1. The van der Waals surface area contributed by atoms with Gasteiger partial charge in [0.05, 0.1) is 5.60 Å². The standard InChI is InChI=1S/C7H15NO2/c1-4-7(3,5-2)10-8-6-9/h6H,4-5H2,1-3H3,(H,8,9). The molecule has 0 atom stereocenters. The van der Waals surface area contributed by atoms with Crippen molar-refractivity contribution in [1.82, 2.24) is 5.48 Å². The Morgan fingerprint density at radius 2 is 2.00 bits per heavy atom. The number of carbonyl (C=O) groups is 1. The van der Waals surface area contributed by atoms with Crippen molar-refractivity contribution in [2.45, 2.75) is 39.2 Å². The highest BCUT2D eigenvalue weighted by Crippen LogP contribution is 2.16. The molecule has 0 aromatic carbocycles. The van der Waals surface area contributed by atoms with Crippen LogP contribution < -0.4 is 5.48 Å². The van der Waals surface area contributed by atoms with Gasteiger partial charge in [0.2, 0.25) is 6.41 Å². The number of hydrogen-bond donors (Lipinski definition) is 1. The van der Waals surface area contributed by atoms with Crippen molar-refractivity contribution in [2.75, 3.05) is 0 Å². The first-order valence-corrected chi connectivity index (χ1v) is 3.55. The molecule has 0 aromatic heterocycles. The molecule has 0 heterocycles. The summed E-state index contributed by atoms with van der Waals surface area (Å²) in [6.07, 6.45) is 2.33. The molecule has 10 heavy (non-hydrogen) atoms. The van der Waals surface area contributed by atoms with E-state index in [1.165, 1.54) is 0 Å². The molecule has 0 saturated carbocycles. The average Bonchev–Trinajstić information content (AvgIpc) is 2.00. The maximum atomic E-state index is 9.85. The Kier molecular flexibility index (Phi) is 4.03. The number of nitrogens with one attached hydrogen (secondary N) is 1. The van der Waals surface area contributed by atoms with Crippen LogP contribution in [-0.4, -0.2) is 12.0 Å². The smallest absolute Gasteiger partial charge is 0.230 e. The van der Waals surface area contributed by atoms with Crippen LogP contribution >= 0.6 is 0 Å². The lowest BCUT2D eigenvalue weighted by molar-refractivity contribution is -0.139. The fraction of sp³-hybridized carbons (Fsp3) is 0.857. The maximum absolute atomic E-state index is 9.85. The Bertz CT molecular complexity index is 99.8. The van der Waals surface area contributed by atoms with Crippen LogP contribution in [0.5, 0.6) is 0 Å². The van der Waals surface area contributed by atoms with E-state index in [1.54, 1.807) is 0 Å². The predicted molar refractivity (Wildman–Crippen MR) is 39.3 cm³/mol. The van der Waals surface area contributed by atoms with Crippen molar-refractivity contribution in [2.24, 2.45) is 0 Å². The largest absolute Gasteiger partial charge is 0.277 e. The second-order valence-electron chi connectivity index (χ2n) is 2.49. The van der Waals surface area contributed by atoms with Gasteiger partial charge in [-0.25, -0.2) is 5.48 Å². The van der Waals surface area contributed by atoms with Gasteiger partial charge in [0.1, 0.15) is 0 Å². The monoisotopic (exact) mass is 145 g/mol. The van der Waals surface area contributed by atoms with E-state index < -0.39 is 0 Å². The normalized spacial score (nSPS) is 11.1. The lowest BCUT2D eigenvalue weighted by Crippen LogP contribution is -2.33. The summed E-state index contributed by atoms with van der Waals surface area (Å²) in [6.45, 7) is 6.01. The zero-order chi connectivity index (χ0) is 8.04. The van der Waals surface area contributed by atoms with Crippen LogP contribution in [0.15, 0.2) is 0 Å². The minimum Gasteiger partial charge on any atom is -0.277 e. The highest BCUT2D eigenvalue weighted by atomic mass is 16.7. The van der Waals surface area contributed by atoms with Gasteiger partial charge in [-0.2, -0.15) is 0 Å². The van der Waals surface area contributed by atoms with Crippen molar-refractivity contribution in [3.05, 3.63) is 0 Å². The van der Waals surface area contributed by atoms with Gasteiger partial charge in [-0.05, 0) is 19.8 Å². The number of hydroxylamine groups is 1. The molecule has 0 aliphatic heterocycles. The van der Waals surface area contributed by atoms with Crippen LogP contribution in [0.2, 0.25) is 0 Å². The van der Waals surface area contributed by atoms with Gasteiger partial charge in [0.15, 0.2) is 0 Å². The first-order valence-electron chi connectivity index (χ1n) is 3.55. The molecule has 0 aliphatic carbocycles. The van der Waals surface area contributed by atoms with E-state index in [0.29, 0.717) is 6.41 Å². The molecule has 3 nitrogen and oxygen atoms in total. The third kappa shape index (κ3) is 2.82. The van der Waals surface area contributed by atoms with Crippen LogP contribution in [0.3, 0.4) is 0 Å². The van der Waals surface area contributed by atoms with Crippen LogP contribution in [0.4, 0.5) is 0 Å². The van der Waals surface area contributed by atoms with E-state index in [-0.39, 0.29) is 5.60 Å². The van der Waals surface area contributed by atoms with E-state index in [9.17, 15) is 4.79 Å². The maximum Gasteiger partial charge on any atom is 0.230 e. The van der Waals surface area contributed by atoms with Crippen LogP contribution in [0.1, 0.15) is 33.6 Å². The van der Waals surface area contributed by atoms with Gasteiger partial charge in [-0.1, -0.05) is 13.8 Å². The molecule has 0 unspecified atom stereocenters. The van der Waals surface area contributed by atoms with E-state index in [1.807, 2.05) is 20.8 Å². The molecule has 0 bridgehead atoms. The highest BCUT2D eigenvalue weighted by Gasteiger charge is 2.20. The van der Waals surface area contributed by atoms with Crippen molar-refractivity contribution >= 4 is 6.41 Å². The second-order valence-corrected chi connectivity index (χ2v) is 2.49. The molecule has 1 N–H and O–H groups in total. The Hall–Kier alpha value is -0.570.